The van der Waals surface area contributed by atoms with Crippen molar-refractivity contribution in [2.45, 2.75) is 6.92 Å². The highest BCUT2D eigenvalue weighted by Crippen LogP contribution is 2.27. The second kappa shape index (κ2) is 5.92. The molecular weight excluding hydrogens is 260 g/mol. The standard InChI is InChI=1S/C14H12N2O4/c1-2-20-14(17)12-6-5-10(8-13(12)16(18)19)11-4-3-7-15-9-11/h3-9H,2H2,1H3. The van der Waals surface area contributed by atoms with E-state index in [1.165, 1.54) is 12.1 Å². The molecule has 0 spiro atoms. The van der Waals surface area contributed by atoms with Gasteiger partial charge in [0.25, 0.3) is 5.69 Å². The van der Waals surface area contributed by atoms with Gasteiger partial charge in [0.1, 0.15) is 5.56 Å². The van der Waals surface area contributed by atoms with E-state index in [1.807, 2.05) is 0 Å². The quantitative estimate of drug-likeness (QED) is 0.485. The molecule has 0 aliphatic heterocycles. The van der Waals surface area contributed by atoms with Crippen molar-refractivity contribution in [2.75, 3.05) is 6.61 Å². The minimum atomic E-state index is -0.697. The highest BCUT2D eigenvalue weighted by atomic mass is 16.6. The zero-order chi connectivity index (χ0) is 14.5. The topological polar surface area (TPSA) is 82.3 Å². The molecule has 0 saturated heterocycles. The van der Waals surface area contributed by atoms with E-state index in [9.17, 15) is 14.9 Å². The molecule has 1 aromatic heterocycles. The molecule has 6 heteroatoms. The van der Waals surface area contributed by atoms with Gasteiger partial charge in [0.15, 0.2) is 0 Å². The van der Waals surface area contributed by atoms with E-state index in [-0.39, 0.29) is 17.9 Å². The van der Waals surface area contributed by atoms with Crippen molar-refractivity contribution >= 4 is 11.7 Å². The van der Waals surface area contributed by atoms with E-state index in [2.05, 4.69) is 4.98 Å². The number of nitro benzene ring substituents is 1. The molecule has 2 aromatic rings. The molecule has 0 fully saturated rings. The number of aromatic nitrogens is 1. The largest absolute Gasteiger partial charge is 0.462 e. The molecule has 0 N–H and O–H groups in total. The summed E-state index contributed by atoms with van der Waals surface area (Å²) in [7, 11) is 0. The number of nitro groups is 1. The highest BCUT2D eigenvalue weighted by molar-refractivity contribution is 5.94. The summed E-state index contributed by atoms with van der Waals surface area (Å²) in [6.07, 6.45) is 3.22. The SMILES string of the molecule is CCOC(=O)c1ccc(-c2cccnc2)cc1[N+](=O)[O-]. The average molecular weight is 272 g/mol. The molecular formula is C14H12N2O4. The summed E-state index contributed by atoms with van der Waals surface area (Å²) < 4.78 is 4.81. The first-order chi connectivity index (χ1) is 9.63. The van der Waals surface area contributed by atoms with Crippen molar-refractivity contribution in [3.63, 3.8) is 0 Å². The van der Waals surface area contributed by atoms with Gasteiger partial charge in [-0.3, -0.25) is 15.1 Å². The third-order valence-electron chi connectivity index (χ3n) is 2.68. The molecule has 20 heavy (non-hydrogen) atoms. The molecule has 102 valence electrons. The monoisotopic (exact) mass is 272 g/mol. The van der Waals surface area contributed by atoms with Crippen LogP contribution in [0.5, 0.6) is 0 Å². The Bertz CT molecular complexity index is 641. The molecule has 0 aliphatic carbocycles. The van der Waals surface area contributed by atoms with Crippen LogP contribution in [0.25, 0.3) is 11.1 Å². The number of hydrogen-bond donors (Lipinski definition) is 0. The van der Waals surface area contributed by atoms with Gasteiger partial charge in [0.2, 0.25) is 0 Å². The van der Waals surface area contributed by atoms with Crippen LogP contribution in [-0.2, 0) is 4.74 Å². The molecule has 1 heterocycles. The van der Waals surface area contributed by atoms with Gasteiger partial charge in [-0.15, -0.1) is 0 Å². The Morgan fingerprint density at radius 2 is 2.15 bits per heavy atom. The van der Waals surface area contributed by atoms with Crippen LogP contribution in [0.2, 0.25) is 0 Å². The fourth-order valence-electron chi connectivity index (χ4n) is 1.78. The van der Waals surface area contributed by atoms with Gasteiger partial charge < -0.3 is 4.74 Å². The Morgan fingerprint density at radius 1 is 1.35 bits per heavy atom. The number of carbonyl (C=O) groups excluding carboxylic acids is 1. The van der Waals surface area contributed by atoms with E-state index >= 15 is 0 Å². The minimum absolute atomic E-state index is 0.0514. The van der Waals surface area contributed by atoms with Gasteiger partial charge in [-0.2, -0.15) is 0 Å². The number of nitrogens with zero attached hydrogens (tertiary/aromatic N) is 2. The van der Waals surface area contributed by atoms with Crippen LogP contribution >= 0.6 is 0 Å². The van der Waals surface area contributed by atoms with E-state index in [4.69, 9.17) is 4.74 Å². The number of esters is 1. The van der Waals surface area contributed by atoms with Crippen molar-refractivity contribution in [1.29, 1.82) is 0 Å². The third-order valence-corrected chi connectivity index (χ3v) is 2.68. The maximum atomic E-state index is 11.7. The second-order valence-electron chi connectivity index (χ2n) is 3.95. The first-order valence-electron chi connectivity index (χ1n) is 5.99. The lowest BCUT2D eigenvalue weighted by Gasteiger charge is -2.05. The summed E-state index contributed by atoms with van der Waals surface area (Å²) in [4.78, 5) is 26.1. The van der Waals surface area contributed by atoms with Crippen molar-refractivity contribution in [3.8, 4) is 11.1 Å². The number of hydrogen-bond acceptors (Lipinski definition) is 5. The predicted molar refractivity (Wildman–Crippen MR) is 72.3 cm³/mol. The van der Waals surface area contributed by atoms with Crippen LogP contribution < -0.4 is 0 Å². The summed E-state index contributed by atoms with van der Waals surface area (Å²) in [5.74, 6) is -0.697. The summed E-state index contributed by atoms with van der Waals surface area (Å²) in [6, 6.07) is 7.91. The maximum Gasteiger partial charge on any atom is 0.345 e. The fraction of sp³-hybridized carbons (Fsp3) is 0.143. The number of pyridine rings is 1. The van der Waals surface area contributed by atoms with Crippen molar-refractivity contribution < 1.29 is 14.5 Å². The number of carbonyl (C=O) groups is 1. The smallest absolute Gasteiger partial charge is 0.345 e. The van der Waals surface area contributed by atoms with Gasteiger partial charge in [-0.05, 0) is 24.6 Å². The van der Waals surface area contributed by atoms with Gasteiger partial charge in [0.05, 0.1) is 11.5 Å². The fourth-order valence-corrected chi connectivity index (χ4v) is 1.78. The Morgan fingerprint density at radius 3 is 2.75 bits per heavy atom. The first-order valence-corrected chi connectivity index (χ1v) is 5.99. The molecule has 2 rings (SSSR count). The van der Waals surface area contributed by atoms with Crippen LogP contribution in [0.4, 0.5) is 5.69 Å². The number of rotatable bonds is 4. The van der Waals surface area contributed by atoms with Crippen LogP contribution in [0.1, 0.15) is 17.3 Å². The number of ether oxygens (including phenoxy) is 1. The third kappa shape index (κ3) is 2.80. The molecule has 0 saturated carbocycles. The molecule has 0 unspecified atom stereocenters. The van der Waals surface area contributed by atoms with Gasteiger partial charge in [0, 0.05) is 24.0 Å². The van der Waals surface area contributed by atoms with Crippen molar-refractivity contribution in [3.05, 3.63) is 58.4 Å². The molecule has 0 amide bonds. The van der Waals surface area contributed by atoms with Crippen molar-refractivity contribution in [2.24, 2.45) is 0 Å². The van der Waals surface area contributed by atoms with Crippen LogP contribution in [0.15, 0.2) is 42.7 Å². The second-order valence-corrected chi connectivity index (χ2v) is 3.95. The van der Waals surface area contributed by atoms with E-state index in [0.717, 1.165) is 5.56 Å². The van der Waals surface area contributed by atoms with Gasteiger partial charge in [-0.1, -0.05) is 12.1 Å². The lowest BCUT2D eigenvalue weighted by molar-refractivity contribution is -0.385. The molecule has 0 bridgehead atoms. The summed E-state index contributed by atoms with van der Waals surface area (Å²) >= 11 is 0. The van der Waals surface area contributed by atoms with E-state index in [1.54, 1.807) is 37.5 Å². The molecule has 0 aliphatic rings. The summed E-state index contributed by atoms with van der Waals surface area (Å²) in [6.45, 7) is 1.81. The minimum Gasteiger partial charge on any atom is -0.462 e. The predicted octanol–water partition coefficient (Wildman–Crippen LogP) is 2.83. The zero-order valence-corrected chi connectivity index (χ0v) is 10.8. The van der Waals surface area contributed by atoms with E-state index in [0.29, 0.717) is 5.56 Å². The van der Waals surface area contributed by atoms with Gasteiger partial charge >= 0.3 is 5.97 Å². The first kappa shape index (κ1) is 13.7. The average Bonchev–Trinajstić information content (AvgIpc) is 2.47. The lowest BCUT2D eigenvalue weighted by Crippen LogP contribution is -2.08. The van der Waals surface area contributed by atoms with Crippen LogP contribution in [-0.4, -0.2) is 22.5 Å². The molecule has 1 aromatic carbocycles. The zero-order valence-electron chi connectivity index (χ0n) is 10.8. The van der Waals surface area contributed by atoms with Crippen LogP contribution in [0, 0.1) is 10.1 Å². The van der Waals surface area contributed by atoms with E-state index < -0.39 is 10.9 Å². The Hall–Kier alpha value is -2.76. The normalized spacial score (nSPS) is 10.1. The van der Waals surface area contributed by atoms with Crippen molar-refractivity contribution in [1.82, 2.24) is 4.98 Å². The summed E-state index contributed by atoms with van der Waals surface area (Å²) in [5.41, 5.74) is 1.04. The Labute approximate surface area is 115 Å². The highest BCUT2D eigenvalue weighted by Gasteiger charge is 2.22. The molecule has 0 radical (unpaired) electrons. The molecule has 0 atom stereocenters. The van der Waals surface area contributed by atoms with Gasteiger partial charge in [-0.25, -0.2) is 4.79 Å². The maximum absolute atomic E-state index is 11.7. The molecule has 6 nitrogen and oxygen atoms in total. The Kier molecular flexibility index (Phi) is 4.05. The summed E-state index contributed by atoms with van der Waals surface area (Å²) in [5, 5.41) is 11.1. The number of benzene rings is 1. The Balaban J connectivity index is 2.48. The lowest BCUT2D eigenvalue weighted by atomic mass is 10.0. The van der Waals surface area contributed by atoms with Crippen LogP contribution in [0.3, 0.4) is 0 Å².